The molecule has 2 aromatic rings. The van der Waals surface area contributed by atoms with E-state index in [0.29, 0.717) is 19.6 Å². The van der Waals surface area contributed by atoms with E-state index in [2.05, 4.69) is 20.3 Å². The molecular weight excluding hydrogens is 330 g/mol. The fraction of sp³-hybridized carbons (Fsp3) is 0.533. The monoisotopic (exact) mass is 349 g/mol. The summed E-state index contributed by atoms with van der Waals surface area (Å²) in [6.07, 6.45) is 2.62. The summed E-state index contributed by atoms with van der Waals surface area (Å²) >= 11 is 0. The molecule has 1 aliphatic heterocycles. The number of amides is 1. The number of aromatic amines is 1. The summed E-state index contributed by atoms with van der Waals surface area (Å²) < 4.78 is 12.5. The van der Waals surface area contributed by atoms with Gasteiger partial charge in [-0.1, -0.05) is 0 Å². The number of carbonyl (C=O) groups excluding carboxylic acids is 2. The van der Waals surface area contributed by atoms with Gasteiger partial charge in [-0.25, -0.2) is 4.98 Å². The topological polar surface area (TPSA) is 128 Å². The molecule has 2 aromatic heterocycles. The molecule has 0 bridgehead atoms. The van der Waals surface area contributed by atoms with Crippen molar-refractivity contribution in [2.75, 3.05) is 18.5 Å². The van der Waals surface area contributed by atoms with Crippen LogP contribution in [0.25, 0.3) is 11.2 Å². The zero-order valence-corrected chi connectivity index (χ0v) is 13.9. The lowest BCUT2D eigenvalue weighted by atomic mass is 10.0. The van der Waals surface area contributed by atoms with Gasteiger partial charge in [-0.15, -0.1) is 0 Å². The molecule has 0 spiro atoms. The molecule has 2 N–H and O–H groups in total. The number of hydrogen-bond acceptors (Lipinski definition) is 7. The molecule has 2 unspecified atom stereocenters. The van der Waals surface area contributed by atoms with Crippen LogP contribution >= 0.6 is 0 Å². The molecule has 0 saturated carbocycles. The van der Waals surface area contributed by atoms with Crippen LogP contribution in [0.3, 0.4) is 0 Å². The predicted octanol–water partition coefficient (Wildman–Crippen LogP) is 0.566. The Bertz CT molecular complexity index is 850. The van der Waals surface area contributed by atoms with Gasteiger partial charge in [-0.2, -0.15) is 4.98 Å². The number of hydrogen-bond donors (Lipinski definition) is 2. The Morgan fingerprint density at radius 1 is 1.44 bits per heavy atom. The van der Waals surface area contributed by atoms with Crippen molar-refractivity contribution < 1.29 is 19.1 Å². The summed E-state index contributed by atoms with van der Waals surface area (Å²) in [6.45, 7) is 3.45. The van der Waals surface area contributed by atoms with E-state index in [1.54, 1.807) is 4.57 Å². The number of anilines is 1. The molecule has 0 radical (unpaired) electrons. The highest BCUT2D eigenvalue weighted by molar-refractivity contribution is 5.87. The van der Waals surface area contributed by atoms with Crippen LogP contribution in [0.4, 0.5) is 5.95 Å². The van der Waals surface area contributed by atoms with Gasteiger partial charge in [-0.3, -0.25) is 29.3 Å². The minimum Gasteiger partial charge on any atom is -0.465 e. The summed E-state index contributed by atoms with van der Waals surface area (Å²) in [5.74, 6) is -0.453. The van der Waals surface area contributed by atoms with Crippen molar-refractivity contribution >= 4 is 29.0 Å². The maximum absolute atomic E-state index is 12.3. The van der Waals surface area contributed by atoms with Crippen molar-refractivity contribution in [2.24, 2.45) is 5.92 Å². The quantitative estimate of drug-likeness (QED) is 0.772. The highest BCUT2D eigenvalue weighted by atomic mass is 16.5. The lowest BCUT2D eigenvalue weighted by Gasteiger charge is -2.29. The molecule has 0 aliphatic carbocycles. The molecule has 1 amide bonds. The minimum absolute atomic E-state index is 0.0567. The van der Waals surface area contributed by atoms with Crippen LogP contribution in [0.1, 0.15) is 32.9 Å². The largest absolute Gasteiger partial charge is 0.465 e. The van der Waals surface area contributed by atoms with Gasteiger partial charge in [0.25, 0.3) is 5.56 Å². The Morgan fingerprint density at radius 2 is 2.24 bits per heavy atom. The lowest BCUT2D eigenvalue weighted by Crippen LogP contribution is -2.28. The van der Waals surface area contributed by atoms with Crippen molar-refractivity contribution in [3.63, 3.8) is 0 Å². The fourth-order valence-corrected chi connectivity index (χ4v) is 2.77. The first-order valence-electron chi connectivity index (χ1n) is 7.93. The van der Waals surface area contributed by atoms with Gasteiger partial charge in [0.05, 0.1) is 19.5 Å². The van der Waals surface area contributed by atoms with Crippen LogP contribution in [0.5, 0.6) is 0 Å². The van der Waals surface area contributed by atoms with Crippen LogP contribution in [0, 0.1) is 5.92 Å². The molecule has 3 heterocycles. The van der Waals surface area contributed by atoms with Crippen LogP contribution in [-0.2, 0) is 19.1 Å². The summed E-state index contributed by atoms with van der Waals surface area (Å²) in [5.41, 5.74) is 0.118. The molecule has 2 atom stereocenters. The summed E-state index contributed by atoms with van der Waals surface area (Å²) in [6, 6.07) is 0. The first-order valence-corrected chi connectivity index (χ1v) is 7.93. The van der Waals surface area contributed by atoms with Crippen molar-refractivity contribution in [2.45, 2.75) is 32.9 Å². The van der Waals surface area contributed by atoms with E-state index in [-0.39, 0.29) is 41.1 Å². The second-order valence-electron chi connectivity index (χ2n) is 5.95. The molecule has 10 heteroatoms. The lowest BCUT2D eigenvalue weighted by molar-refractivity contribution is -0.145. The highest BCUT2D eigenvalue weighted by Gasteiger charge is 2.26. The number of aromatic nitrogens is 4. The normalized spacial score (nSPS) is 20.4. The zero-order chi connectivity index (χ0) is 18.0. The van der Waals surface area contributed by atoms with Gasteiger partial charge in [0, 0.05) is 19.8 Å². The van der Waals surface area contributed by atoms with Crippen LogP contribution in [0.15, 0.2) is 11.1 Å². The molecular formula is C15H19N5O5. The third-order valence-electron chi connectivity index (χ3n) is 3.91. The van der Waals surface area contributed by atoms with E-state index >= 15 is 0 Å². The zero-order valence-electron chi connectivity index (χ0n) is 13.9. The number of rotatable bonds is 4. The Balaban J connectivity index is 1.75. The van der Waals surface area contributed by atoms with Gasteiger partial charge in [-0.05, 0) is 12.8 Å². The van der Waals surface area contributed by atoms with Gasteiger partial charge in [0.1, 0.15) is 6.23 Å². The molecule has 1 fully saturated rings. The average Bonchev–Trinajstić information content (AvgIpc) is 2.97. The van der Waals surface area contributed by atoms with Gasteiger partial charge >= 0.3 is 5.97 Å². The second-order valence-corrected chi connectivity index (χ2v) is 5.95. The number of nitrogens with one attached hydrogen (secondary N) is 2. The third kappa shape index (κ3) is 3.85. The maximum Gasteiger partial charge on any atom is 0.302 e. The Kier molecular flexibility index (Phi) is 4.79. The Labute approximate surface area is 142 Å². The van der Waals surface area contributed by atoms with E-state index in [9.17, 15) is 14.4 Å². The fourth-order valence-electron chi connectivity index (χ4n) is 2.77. The first-order chi connectivity index (χ1) is 11.9. The summed E-state index contributed by atoms with van der Waals surface area (Å²) in [4.78, 5) is 45.1. The van der Waals surface area contributed by atoms with Gasteiger partial charge in [0.2, 0.25) is 11.9 Å². The predicted molar refractivity (Wildman–Crippen MR) is 86.8 cm³/mol. The van der Waals surface area contributed by atoms with E-state index in [1.807, 2.05) is 0 Å². The van der Waals surface area contributed by atoms with E-state index in [1.165, 1.54) is 20.2 Å². The van der Waals surface area contributed by atoms with Crippen molar-refractivity contribution in [3.05, 3.63) is 16.7 Å². The van der Waals surface area contributed by atoms with Crippen molar-refractivity contribution in [1.29, 1.82) is 0 Å². The molecule has 3 rings (SSSR count). The maximum atomic E-state index is 12.3. The number of fused-ring (bicyclic) bond motifs is 1. The highest BCUT2D eigenvalue weighted by Crippen LogP contribution is 2.28. The average molecular weight is 349 g/mol. The van der Waals surface area contributed by atoms with E-state index in [4.69, 9.17) is 9.47 Å². The Morgan fingerprint density at radius 3 is 2.88 bits per heavy atom. The number of ether oxygens (including phenoxy) is 2. The SMILES string of the molecule is CC(=O)Nc1nc2ncn(C3CCC(COC(C)=O)CO3)c2c(=O)[nH]1. The van der Waals surface area contributed by atoms with Crippen LogP contribution < -0.4 is 10.9 Å². The smallest absolute Gasteiger partial charge is 0.302 e. The molecule has 25 heavy (non-hydrogen) atoms. The molecule has 1 aliphatic rings. The van der Waals surface area contributed by atoms with Crippen molar-refractivity contribution in [3.8, 4) is 0 Å². The van der Waals surface area contributed by atoms with Crippen molar-refractivity contribution in [1.82, 2.24) is 19.5 Å². The van der Waals surface area contributed by atoms with Crippen LogP contribution in [-0.4, -0.2) is 44.6 Å². The van der Waals surface area contributed by atoms with Gasteiger partial charge < -0.3 is 9.47 Å². The molecule has 1 saturated heterocycles. The summed E-state index contributed by atoms with van der Waals surface area (Å²) in [5, 5.41) is 2.43. The minimum atomic E-state index is -0.406. The molecule has 0 aromatic carbocycles. The van der Waals surface area contributed by atoms with Gasteiger partial charge in [0.15, 0.2) is 11.2 Å². The number of nitrogens with zero attached hydrogens (tertiary/aromatic N) is 3. The second kappa shape index (κ2) is 7.01. The first kappa shape index (κ1) is 17.1. The number of H-pyrrole nitrogens is 1. The van der Waals surface area contributed by atoms with E-state index in [0.717, 1.165) is 6.42 Å². The van der Waals surface area contributed by atoms with E-state index < -0.39 is 5.56 Å². The standard InChI is InChI=1S/C15H19N5O5/c1-8(21)17-15-18-13-12(14(23)19-15)20(7-16-13)11-4-3-10(6-25-11)5-24-9(2)22/h7,10-11H,3-6H2,1-2H3,(H2,17,18,19,21,23). The van der Waals surface area contributed by atoms with Crippen LogP contribution in [0.2, 0.25) is 0 Å². The summed E-state index contributed by atoms with van der Waals surface area (Å²) in [7, 11) is 0. The number of imidazole rings is 1. The Hall–Kier alpha value is -2.75. The molecule has 10 nitrogen and oxygen atoms in total. The number of esters is 1. The third-order valence-corrected chi connectivity index (χ3v) is 3.91. The number of carbonyl (C=O) groups is 2. The molecule has 134 valence electrons.